The number of hydrogen-bond acceptors (Lipinski definition) is 4. The molecule has 0 aliphatic carbocycles. The van der Waals surface area contributed by atoms with Crippen molar-refractivity contribution in [1.29, 1.82) is 0 Å². The number of methoxy groups -OCH3 is 1. The van der Waals surface area contributed by atoms with Crippen LogP contribution in [0.4, 0.5) is 17.1 Å². The number of carbonyl (C=O) groups is 1. The molecular formula is C14H12Br2N2O2. The summed E-state index contributed by atoms with van der Waals surface area (Å²) in [6.07, 6.45) is 0. The van der Waals surface area contributed by atoms with Gasteiger partial charge in [-0.1, -0.05) is 22.0 Å². The summed E-state index contributed by atoms with van der Waals surface area (Å²) in [6, 6.07) is 10.9. The van der Waals surface area contributed by atoms with E-state index in [1.54, 1.807) is 18.2 Å². The normalized spacial score (nSPS) is 10.2. The average molecular weight is 400 g/mol. The highest BCUT2D eigenvalue weighted by Crippen LogP contribution is 2.32. The second kappa shape index (κ2) is 6.28. The molecule has 4 nitrogen and oxygen atoms in total. The molecule has 0 spiro atoms. The maximum Gasteiger partial charge on any atom is 0.340 e. The Balaban J connectivity index is 2.37. The molecule has 0 atom stereocenters. The zero-order valence-electron chi connectivity index (χ0n) is 10.6. The Morgan fingerprint density at radius 1 is 1.20 bits per heavy atom. The zero-order valence-corrected chi connectivity index (χ0v) is 13.8. The lowest BCUT2D eigenvalue weighted by Gasteiger charge is -2.13. The van der Waals surface area contributed by atoms with Gasteiger partial charge in [-0.15, -0.1) is 0 Å². The number of rotatable bonds is 3. The van der Waals surface area contributed by atoms with Gasteiger partial charge in [-0.3, -0.25) is 0 Å². The summed E-state index contributed by atoms with van der Waals surface area (Å²) >= 11 is 6.86. The molecule has 2 aromatic rings. The molecule has 20 heavy (non-hydrogen) atoms. The number of ether oxygens (including phenoxy) is 1. The van der Waals surface area contributed by atoms with Crippen LogP contribution in [0.5, 0.6) is 0 Å². The maximum absolute atomic E-state index is 11.6. The van der Waals surface area contributed by atoms with Crippen LogP contribution < -0.4 is 11.1 Å². The molecule has 0 aliphatic rings. The number of halogens is 2. The van der Waals surface area contributed by atoms with Gasteiger partial charge in [0, 0.05) is 8.95 Å². The maximum atomic E-state index is 11.6. The van der Waals surface area contributed by atoms with Crippen molar-refractivity contribution in [1.82, 2.24) is 0 Å². The molecule has 0 saturated heterocycles. The highest BCUT2D eigenvalue weighted by molar-refractivity contribution is 9.11. The number of carbonyl (C=O) groups excluding carboxylic acids is 1. The van der Waals surface area contributed by atoms with Crippen molar-refractivity contribution >= 4 is 54.9 Å². The summed E-state index contributed by atoms with van der Waals surface area (Å²) < 4.78 is 6.55. The fraction of sp³-hybridized carbons (Fsp3) is 0.0714. The molecule has 0 radical (unpaired) electrons. The van der Waals surface area contributed by atoms with Gasteiger partial charge in [0.1, 0.15) is 0 Å². The van der Waals surface area contributed by atoms with Crippen LogP contribution in [0.1, 0.15) is 10.4 Å². The Kier molecular flexibility index (Phi) is 4.67. The van der Waals surface area contributed by atoms with Gasteiger partial charge in [0.15, 0.2) is 0 Å². The van der Waals surface area contributed by atoms with Crippen molar-refractivity contribution in [2.45, 2.75) is 0 Å². The van der Waals surface area contributed by atoms with Gasteiger partial charge in [0.25, 0.3) is 0 Å². The molecule has 0 fully saturated rings. The Morgan fingerprint density at radius 3 is 2.60 bits per heavy atom. The molecule has 104 valence electrons. The topological polar surface area (TPSA) is 64.3 Å². The highest BCUT2D eigenvalue weighted by Gasteiger charge is 2.13. The van der Waals surface area contributed by atoms with E-state index in [0.717, 1.165) is 14.6 Å². The summed E-state index contributed by atoms with van der Waals surface area (Å²) in [7, 11) is 1.33. The number of nitrogens with two attached hydrogens (primary N) is 1. The second-order valence-electron chi connectivity index (χ2n) is 4.01. The monoisotopic (exact) mass is 398 g/mol. The average Bonchev–Trinajstić information content (AvgIpc) is 2.43. The molecule has 6 heteroatoms. The predicted octanol–water partition coefficient (Wildman–Crippen LogP) is 4.32. The summed E-state index contributed by atoms with van der Waals surface area (Å²) in [4.78, 5) is 11.6. The van der Waals surface area contributed by atoms with Crippen molar-refractivity contribution in [2.75, 3.05) is 18.2 Å². The number of nitrogen functional groups attached to an aromatic ring is 1. The van der Waals surface area contributed by atoms with Crippen LogP contribution in [0.2, 0.25) is 0 Å². The molecule has 0 amide bonds. The molecule has 0 heterocycles. The molecule has 0 unspecified atom stereocenters. The van der Waals surface area contributed by atoms with E-state index in [4.69, 9.17) is 10.5 Å². The van der Waals surface area contributed by atoms with Crippen LogP contribution in [0.25, 0.3) is 0 Å². The number of esters is 1. The molecule has 2 aromatic carbocycles. The Hall–Kier alpha value is -1.53. The number of para-hydroxylation sites is 1. The van der Waals surface area contributed by atoms with E-state index < -0.39 is 5.97 Å². The van der Waals surface area contributed by atoms with E-state index in [1.165, 1.54) is 7.11 Å². The van der Waals surface area contributed by atoms with Crippen LogP contribution >= 0.6 is 31.9 Å². The van der Waals surface area contributed by atoms with E-state index in [9.17, 15) is 4.79 Å². The zero-order chi connectivity index (χ0) is 14.7. The van der Waals surface area contributed by atoms with Gasteiger partial charge in [0.05, 0.1) is 29.7 Å². The summed E-state index contributed by atoms with van der Waals surface area (Å²) in [5.41, 5.74) is 8.19. The lowest BCUT2D eigenvalue weighted by Crippen LogP contribution is -2.07. The fourth-order valence-electron chi connectivity index (χ4n) is 1.70. The molecule has 2 rings (SSSR count). The van der Waals surface area contributed by atoms with E-state index in [0.29, 0.717) is 16.9 Å². The third kappa shape index (κ3) is 3.13. The lowest BCUT2D eigenvalue weighted by molar-refractivity contribution is 0.0602. The molecule has 3 N–H and O–H groups in total. The molecule has 0 bridgehead atoms. The summed E-state index contributed by atoms with van der Waals surface area (Å²) in [6.45, 7) is 0. The van der Waals surface area contributed by atoms with Crippen molar-refractivity contribution in [2.24, 2.45) is 0 Å². The fourth-order valence-corrected chi connectivity index (χ4v) is 2.84. The van der Waals surface area contributed by atoms with Gasteiger partial charge >= 0.3 is 5.97 Å². The first-order valence-electron chi connectivity index (χ1n) is 5.72. The number of benzene rings is 2. The molecule has 0 aromatic heterocycles. The second-order valence-corrected chi connectivity index (χ2v) is 5.78. The first kappa shape index (κ1) is 14.9. The van der Waals surface area contributed by atoms with Crippen LogP contribution in [0.15, 0.2) is 45.3 Å². The number of anilines is 3. The summed E-state index contributed by atoms with van der Waals surface area (Å²) in [5, 5.41) is 3.19. The van der Waals surface area contributed by atoms with E-state index >= 15 is 0 Å². The van der Waals surface area contributed by atoms with Crippen LogP contribution in [0.3, 0.4) is 0 Å². The SMILES string of the molecule is COC(=O)c1cccc(Nc2ccc(Br)cc2Br)c1N. The Labute approximate surface area is 133 Å². The van der Waals surface area contributed by atoms with E-state index in [-0.39, 0.29) is 0 Å². The predicted molar refractivity (Wildman–Crippen MR) is 87.3 cm³/mol. The van der Waals surface area contributed by atoms with Gasteiger partial charge in [0.2, 0.25) is 0 Å². The lowest BCUT2D eigenvalue weighted by atomic mass is 10.1. The minimum Gasteiger partial charge on any atom is -0.465 e. The quantitative estimate of drug-likeness (QED) is 0.595. The van der Waals surface area contributed by atoms with Crippen molar-refractivity contribution in [3.63, 3.8) is 0 Å². The smallest absolute Gasteiger partial charge is 0.340 e. The Morgan fingerprint density at radius 2 is 1.95 bits per heavy atom. The van der Waals surface area contributed by atoms with Gasteiger partial charge in [-0.05, 0) is 46.3 Å². The summed E-state index contributed by atoms with van der Waals surface area (Å²) in [5.74, 6) is -0.457. The minimum absolute atomic E-state index is 0.339. The standard InChI is InChI=1S/C14H12Br2N2O2/c1-20-14(19)9-3-2-4-12(13(9)17)18-11-6-5-8(15)7-10(11)16/h2-7,18H,17H2,1H3. The van der Waals surface area contributed by atoms with Gasteiger partial charge < -0.3 is 15.8 Å². The minimum atomic E-state index is -0.457. The van der Waals surface area contributed by atoms with E-state index in [1.807, 2.05) is 18.2 Å². The van der Waals surface area contributed by atoms with Crippen molar-refractivity contribution in [3.05, 3.63) is 50.9 Å². The van der Waals surface area contributed by atoms with Gasteiger partial charge in [-0.2, -0.15) is 0 Å². The van der Waals surface area contributed by atoms with Crippen LogP contribution in [-0.2, 0) is 4.74 Å². The van der Waals surface area contributed by atoms with Crippen LogP contribution in [-0.4, -0.2) is 13.1 Å². The number of hydrogen-bond donors (Lipinski definition) is 2. The van der Waals surface area contributed by atoms with Crippen molar-refractivity contribution < 1.29 is 9.53 Å². The number of nitrogens with one attached hydrogen (secondary N) is 1. The Bertz CT molecular complexity index is 660. The molecular weight excluding hydrogens is 388 g/mol. The third-order valence-corrected chi connectivity index (χ3v) is 3.86. The first-order chi connectivity index (χ1) is 9.52. The largest absolute Gasteiger partial charge is 0.465 e. The first-order valence-corrected chi connectivity index (χ1v) is 7.30. The molecule has 0 aliphatic heterocycles. The third-order valence-electron chi connectivity index (χ3n) is 2.71. The van der Waals surface area contributed by atoms with Gasteiger partial charge in [-0.25, -0.2) is 4.79 Å². The molecule has 0 saturated carbocycles. The van der Waals surface area contributed by atoms with Crippen LogP contribution in [0, 0.1) is 0 Å². The van der Waals surface area contributed by atoms with E-state index in [2.05, 4.69) is 37.2 Å². The van der Waals surface area contributed by atoms with Crippen molar-refractivity contribution in [3.8, 4) is 0 Å². The highest BCUT2D eigenvalue weighted by atomic mass is 79.9.